The van der Waals surface area contributed by atoms with E-state index in [0.29, 0.717) is 11.7 Å². The molecule has 0 bridgehead atoms. The molecule has 6 heteroatoms. The second kappa shape index (κ2) is 9.58. The molecule has 1 saturated heterocycles. The molecular formula is C21H27N3O2S. The summed E-state index contributed by atoms with van der Waals surface area (Å²) in [6.45, 7) is 8.20. The van der Waals surface area contributed by atoms with Gasteiger partial charge in [0, 0.05) is 30.5 Å². The van der Waals surface area contributed by atoms with Crippen molar-refractivity contribution >= 4 is 28.7 Å². The maximum atomic E-state index is 5.52. The van der Waals surface area contributed by atoms with Crippen LogP contribution in [0.2, 0.25) is 0 Å². The minimum Gasteiger partial charge on any atom is -0.494 e. The van der Waals surface area contributed by atoms with Gasteiger partial charge in [-0.25, -0.2) is 0 Å². The fourth-order valence-corrected chi connectivity index (χ4v) is 3.37. The van der Waals surface area contributed by atoms with Crippen LogP contribution < -0.4 is 20.3 Å². The largest absolute Gasteiger partial charge is 0.494 e. The molecule has 1 aliphatic rings. The minimum absolute atomic E-state index is 0.110. The third kappa shape index (κ3) is 5.58. The van der Waals surface area contributed by atoms with E-state index in [1.54, 1.807) is 0 Å². The molecule has 0 amide bonds. The summed E-state index contributed by atoms with van der Waals surface area (Å²) in [5.74, 6) is 0.831. The lowest BCUT2D eigenvalue weighted by Crippen LogP contribution is -2.36. The Hall–Kier alpha value is -2.31. The minimum atomic E-state index is 0.110. The van der Waals surface area contributed by atoms with Gasteiger partial charge < -0.3 is 25.0 Å². The van der Waals surface area contributed by atoms with E-state index in [4.69, 9.17) is 21.7 Å². The molecule has 1 heterocycles. The van der Waals surface area contributed by atoms with Gasteiger partial charge in [0.1, 0.15) is 5.75 Å². The highest BCUT2D eigenvalue weighted by Gasteiger charge is 2.12. The zero-order valence-electron chi connectivity index (χ0n) is 15.9. The Kier molecular flexibility index (Phi) is 6.90. The number of hydrogen-bond donors (Lipinski definition) is 2. The quantitative estimate of drug-likeness (QED) is 0.734. The molecule has 0 saturated carbocycles. The SMILES string of the molecule is CCOc1cccc(NC(=S)NC(C)c2ccc(N3CCOCC3)cc2)c1. The third-order valence-electron chi connectivity index (χ3n) is 4.52. The standard InChI is InChI=1S/C21H27N3O2S/c1-3-26-20-6-4-5-18(15-20)23-21(27)22-16(2)17-7-9-19(10-8-17)24-11-13-25-14-12-24/h4-10,15-16H,3,11-14H2,1-2H3,(H2,22,23,27). The van der Waals surface area contributed by atoms with Gasteiger partial charge in [-0.1, -0.05) is 18.2 Å². The number of nitrogens with zero attached hydrogens (tertiary/aromatic N) is 1. The third-order valence-corrected chi connectivity index (χ3v) is 4.74. The van der Waals surface area contributed by atoms with Crippen LogP contribution in [-0.2, 0) is 4.74 Å². The molecule has 1 aliphatic heterocycles. The maximum absolute atomic E-state index is 5.52. The van der Waals surface area contributed by atoms with Crippen molar-refractivity contribution in [1.82, 2.24) is 5.32 Å². The van der Waals surface area contributed by atoms with Crippen molar-refractivity contribution in [3.63, 3.8) is 0 Å². The second-order valence-corrected chi connectivity index (χ2v) is 6.88. The van der Waals surface area contributed by atoms with Crippen LogP contribution in [0, 0.1) is 0 Å². The first-order valence-electron chi connectivity index (χ1n) is 9.38. The first-order chi connectivity index (χ1) is 13.2. The summed E-state index contributed by atoms with van der Waals surface area (Å²) in [6, 6.07) is 16.5. The Bertz CT molecular complexity index is 745. The van der Waals surface area contributed by atoms with E-state index in [1.807, 2.05) is 31.2 Å². The van der Waals surface area contributed by atoms with Crippen LogP contribution in [0.5, 0.6) is 5.75 Å². The first-order valence-corrected chi connectivity index (χ1v) is 9.79. The van der Waals surface area contributed by atoms with Gasteiger partial charge in [-0.15, -0.1) is 0 Å². The maximum Gasteiger partial charge on any atom is 0.171 e. The zero-order valence-corrected chi connectivity index (χ0v) is 16.7. The highest BCUT2D eigenvalue weighted by atomic mass is 32.1. The molecule has 1 unspecified atom stereocenters. The summed E-state index contributed by atoms with van der Waals surface area (Å²) in [5, 5.41) is 7.15. The topological polar surface area (TPSA) is 45.8 Å². The second-order valence-electron chi connectivity index (χ2n) is 6.47. The fourth-order valence-electron chi connectivity index (χ4n) is 3.07. The molecular weight excluding hydrogens is 358 g/mol. The van der Waals surface area contributed by atoms with Crippen molar-refractivity contribution in [3.8, 4) is 5.75 Å². The average molecular weight is 386 g/mol. The summed E-state index contributed by atoms with van der Waals surface area (Å²) in [6.07, 6.45) is 0. The van der Waals surface area contributed by atoms with E-state index < -0.39 is 0 Å². The Morgan fingerprint density at radius 1 is 1.19 bits per heavy atom. The molecule has 27 heavy (non-hydrogen) atoms. The zero-order chi connectivity index (χ0) is 19.1. The van der Waals surface area contributed by atoms with E-state index in [9.17, 15) is 0 Å². The number of rotatable bonds is 6. The molecule has 0 spiro atoms. The lowest BCUT2D eigenvalue weighted by atomic mass is 10.1. The van der Waals surface area contributed by atoms with Crippen LogP contribution in [0.25, 0.3) is 0 Å². The van der Waals surface area contributed by atoms with Crippen LogP contribution in [-0.4, -0.2) is 38.0 Å². The van der Waals surface area contributed by atoms with Crippen molar-refractivity contribution in [2.75, 3.05) is 43.1 Å². The molecule has 2 N–H and O–H groups in total. The summed E-state index contributed by atoms with van der Waals surface area (Å²) >= 11 is 5.46. The predicted octanol–water partition coefficient (Wildman–Crippen LogP) is 3.97. The monoisotopic (exact) mass is 385 g/mol. The highest BCUT2D eigenvalue weighted by Crippen LogP contribution is 2.21. The Labute approximate surface area is 166 Å². The number of hydrogen-bond acceptors (Lipinski definition) is 4. The average Bonchev–Trinajstić information content (AvgIpc) is 2.69. The molecule has 3 rings (SSSR count). The van der Waals surface area contributed by atoms with Crippen LogP contribution in [0.1, 0.15) is 25.5 Å². The van der Waals surface area contributed by atoms with Gasteiger partial charge in [0.25, 0.3) is 0 Å². The van der Waals surface area contributed by atoms with Crippen LogP contribution in [0.4, 0.5) is 11.4 Å². The van der Waals surface area contributed by atoms with Gasteiger partial charge in [0.15, 0.2) is 5.11 Å². The van der Waals surface area contributed by atoms with Gasteiger partial charge in [0.2, 0.25) is 0 Å². The molecule has 2 aromatic carbocycles. The van der Waals surface area contributed by atoms with Crippen molar-refractivity contribution in [1.29, 1.82) is 0 Å². The molecule has 0 aliphatic carbocycles. The van der Waals surface area contributed by atoms with Gasteiger partial charge in [0.05, 0.1) is 25.9 Å². The molecule has 1 atom stereocenters. The van der Waals surface area contributed by atoms with Gasteiger partial charge in [-0.2, -0.15) is 0 Å². The number of nitrogens with one attached hydrogen (secondary N) is 2. The van der Waals surface area contributed by atoms with Crippen molar-refractivity contribution in [2.45, 2.75) is 19.9 Å². The van der Waals surface area contributed by atoms with E-state index >= 15 is 0 Å². The molecule has 144 valence electrons. The van der Waals surface area contributed by atoms with Crippen molar-refractivity contribution < 1.29 is 9.47 Å². The first kappa shape index (κ1) is 19.5. The van der Waals surface area contributed by atoms with E-state index in [2.05, 4.69) is 46.7 Å². The lowest BCUT2D eigenvalue weighted by Gasteiger charge is -2.29. The number of ether oxygens (including phenoxy) is 2. The normalized spacial score (nSPS) is 15.1. The Balaban J connectivity index is 1.55. The van der Waals surface area contributed by atoms with E-state index in [1.165, 1.54) is 11.3 Å². The van der Waals surface area contributed by atoms with Crippen LogP contribution in [0.15, 0.2) is 48.5 Å². The van der Waals surface area contributed by atoms with Gasteiger partial charge in [-0.3, -0.25) is 0 Å². The molecule has 2 aromatic rings. The number of thiocarbonyl (C=S) groups is 1. The number of anilines is 2. The van der Waals surface area contributed by atoms with Gasteiger partial charge in [-0.05, 0) is 55.9 Å². The molecule has 1 fully saturated rings. The molecule has 5 nitrogen and oxygen atoms in total. The lowest BCUT2D eigenvalue weighted by molar-refractivity contribution is 0.122. The van der Waals surface area contributed by atoms with Gasteiger partial charge >= 0.3 is 0 Å². The van der Waals surface area contributed by atoms with Crippen LogP contribution >= 0.6 is 12.2 Å². The smallest absolute Gasteiger partial charge is 0.171 e. The fraction of sp³-hybridized carbons (Fsp3) is 0.381. The van der Waals surface area contributed by atoms with E-state index in [0.717, 1.165) is 37.7 Å². The Morgan fingerprint density at radius 3 is 2.63 bits per heavy atom. The predicted molar refractivity (Wildman–Crippen MR) is 115 cm³/mol. The summed E-state index contributed by atoms with van der Waals surface area (Å²) in [7, 11) is 0. The van der Waals surface area contributed by atoms with E-state index in [-0.39, 0.29) is 6.04 Å². The summed E-state index contributed by atoms with van der Waals surface area (Å²) < 4.78 is 10.9. The molecule has 0 aromatic heterocycles. The van der Waals surface area contributed by atoms with Crippen molar-refractivity contribution in [2.24, 2.45) is 0 Å². The Morgan fingerprint density at radius 2 is 1.93 bits per heavy atom. The number of morpholine rings is 1. The molecule has 0 radical (unpaired) electrons. The summed E-state index contributed by atoms with van der Waals surface area (Å²) in [4.78, 5) is 2.35. The summed E-state index contributed by atoms with van der Waals surface area (Å²) in [5.41, 5.74) is 3.34. The number of benzene rings is 2. The van der Waals surface area contributed by atoms with Crippen LogP contribution in [0.3, 0.4) is 0 Å². The van der Waals surface area contributed by atoms with Crippen molar-refractivity contribution in [3.05, 3.63) is 54.1 Å². The highest BCUT2D eigenvalue weighted by molar-refractivity contribution is 7.80.